The van der Waals surface area contributed by atoms with E-state index in [0.29, 0.717) is 5.65 Å². The molecule has 0 bridgehead atoms. The summed E-state index contributed by atoms with van der Waals surface area (Å²) in [5.41, 5.74) is 0.187. The number of carbonyl (C=O) groups excluding carboxylic acids is 1. The second kappa shape index (κ2) is 4.67. The minimum absolute atomic E-state index is 0.0116. The third-order valence-electron chi connectivity index (χ3n) is 2.22. The lowest BCUT2D eigenvalue weighted by molar-refractivity contribution is -0.351. The Hall–Kier alpha value is -1.69. The molecule has 0 unspecified atom stereocenters. The normalized spacial score (nSPS) is 10.5. The van der Waals surface area contributed by atoms with Gasteiger partial charge in [-0.05, 0) is 28.9 Å². The third-order valence-corrected chi connectivity index (χ3v) is 2.69. The number of H-pyrrole nitrogens is 1. The van der Waals surface area contributed by atoms with Crippen LogP contribution in [0.15, 0.2) is 33.8 Å². The van der Waals surface area contributed by atoms with Crippen LogP contribution in [-0.4, -0.2) is 17.0 Å². The number of rotatable bonds is 2. The van der Waals surface area contributed by atoms with E-state index in [1.165, 1.54) is 10.6 Å². The second-order valence-electron chi connectivity index (χ2n) is 3.33. The summed E-state index contributed by atoms with van der Waals surface area (Å²) in [6, 6.07) is 3.54. The molecule has 0 aliphatic carbocycles. The van der Waals surface area contributed by atoms with Crippen molar-refractivity contribution in [2.24, 2.45) is 0 Å². The smallest absolute Gasteiger partial charge is 0.357 e. The van der Waals surface area contributed by atoms with Crippen LogP contribution in [0.25, 0.3) is 5.65 Å². The Bertz CT molecular complexity index is 636. The quantitative estimate of drug-likeness (QED) is 0.779. The van der Waals surface area contributed by atoms with Crippen molar-refractivity contribution in [2.45, 2.75) is 6.92 Å². The summed E-state index contributed by atoms with van der Waals surface area (Å²) in [5, 5.41) is 0. The minimum Gasteiger partial charge on any atom is -0.462 e. The van der Waals surface area contributed by atoms with Crippen LogP contribution in [0.1, 0.15) is 17.3 Å². The SMILES string of the molecule is CCOC(=O)c1c[nH+]c2ccc(Br)cn2c1=O. The lowest BCUT2D eigenvalue weighted by Crippen LogP contribution is -2.29. The number of halogens is 1. The molecule has 0 aromatic carbocycles. The number of fused-ring (bicyclic) bond motifs is 1. The van der Waals surface area contributed by atoms with E-state index >= 15 is 0 Å². The van der Waals surface area contributed by atoms with Gasteiger partial charge in [0.05, 0.1) is 11.1 Å². The number of hydrogen-bond acceptors (Lipinski definition) is 3. The van der Waals surface area contributed by atoms with Gasteiger partial charge in [0.15, 0.2) is 5.56 Å². The zero-order valence-corrected chi connectivity index (χ0v) is 10.7. The van der Waals surface area contributed by atoms with Gasteiger partial charge >= 0.3 is 11.5 Å². The van der Waals surface area contributed by atoms with E-state index in [1.807, 2.05) is 0 Å². The zero-order chi connectivity index (χ0) is 12.4. The minimum atomic E-state index is -0.622. The predicted molar refractivity (Wildman–Crippen MR) is 63.9 cm³/mol. The van der Waals surface area contributed by atoms with E-state index in [9.17, 15) is 9.59 Å². The van der Waals surface area contributed by atoms with Crippen molar-refractivity contribution in [1.82, 2.24) is 4.40 Å². The summed E-state index contributed by atoms with van der Waals surface area (Å²) in [6.45, 7) is 1.93. The fourth-order valence-electron chi connectivity index (χ4n) is 1.45. The molecule has 0 amide bonds. The predicted octanol–water partition coefficient (Wildman–Crippen LogP) is 1.05. The molecule has 0 aliphatic rings. The molecule has 17 heavy (non-hydrogen) atoms. The van der Waals surface area contributed by atoms with Gasteiger partial charge in [-0.3, -0.25) is 0 Å². The second-order valence-corrected chi connectivity index (χ2v) is 4.25. The number of aromatic nitrogens is 2. The molecule has 0 spiro atoms. The highest BCUT2D eigenvalue weighted by atomic mass is 79.9. The number of esters is 1. The molecule has 0 saturated carbocycles. The number of pyridine rings is 1. The Labute approximate surface area is 105 Å². The maximum Gasteiger partial charge on any atom is 0.357 e. The topological polar surface area (TPSA) is 61.9 Å². The first kappa shape index (κ1) is 11.8. The fraction of sp³-hybridized carbons (Fsp3) is 0.182. The molecule has 0 aliphatic heterocycles. The van der Waals surface area contributed by atoms with Gasteiger partial charge in [-0.15, -0.1) is 0 Å². The van der Waals surface area contributed by atoms with E-state index in [-0.39, 0.29) is 12.2 Å². The molecular weight excluding hydrogens is 288 g/mol. The number of ether oxygens (including phenoxy) is 1. The molecule has 0 saturated heterocycles. The number of hydrogen-bond donors (Lipinski definition) is 0. The summed E-state index contributed by atoms with van der Waals surface area (Å²) in [5.74, 6) is -0.622. The van der Waals surface area contributed by atoms with Gasteiger partial charge in [0.25, 0.3) is 5.65 Å². The summed E-state index contributed by atoms with van der Waals surface area (Å²) in [6.07, 6.45) is 2.96. The van der Waals surface area contributed by atoms with Crippen LogP contribution in [-0.2, 0) is 4.74 Å². The average Bonchev–Trinajstić information content (AvgIpc) is 2.30. The van der Waals surface area contributed by atoms with Crippen molar-refractivity contribution in [2.75, 3.05) is 6.61 Å². The van der Waals surface area contributed by atoms with Gasteiger partial charge in [0.2, 0.25) is 0 Å². The molecule has 2 aromatic heterocycles. The first-order valence-corrected chi connectivity index (χ1v) is 5.82. The standard InChI is InChI=1S/C11H9BrN2O3/c1-2-17-11(16)8-5-13-9-4-3-7(12)6-14(9)10(8)15/h3-6H,2H2,1H3/p+1. The highest BCUT2D eigenvalue weighted by Gasteiger charge is 2.18. The Morgan fingerprint density at radius 2 is 2.29 bits per heavy atom. The van der Waals surface area contributed by atoms with Crippen molar-refractivity contribution in [3.05, 3.63) is 44.9 Å². The number of nitrogens with zero attached hydrogens (tertiary/aromatic N) is 1. The van der Waals surface area contributed by atoms with Crippen LogP contribution in [0.2, 0.25) is 0 Å². The zero-order valence-electron chi connectivity index (χ0n) is 9.07. The van der Waals surface area contributed by atoms with E-state index in [4.69, 9.17) is 4.74 Å². The van der Waals surface area contributed by atoms with E-state index in [0.717, 1.165) is 4.47 Å². The van der Waals surface area contributed by atoms with Gasteiger partial charge in [0, 0.05) is 6.07 Å². The van der Waals surface area contributed by atoms with Crippen molar-refractivity contribution in [3.8, 4) is 0 Å². The first-order chi connectivity index (χ1) is 8.13. The van der Waals surface area contributed by atoms with Crippen molar-refractivity contribution in [1.29, 1.82) is 0 Å². The van der Waals surface area contributed by atoms with Gasteiger partial charge in [-0.25, -0.2) is 14.6 Å². The number of carbonyl (C=O) groups is 1. The Morgan fingerprint density at radius 3 is 3.00 bits per heavy atom. The molecule has 2 heterocycles. The largest absolute Gasteiger partial charge is 0.462 e. The summed E-state index contributed by atoms with van der Waals surface area (Å²) < 4.78 is 6.91. The Kier molecular flexibility index (Phi) is 3.23. The Balaban J connectivity index is 2.65. The van der Waals surface area contributed by atoms with Crippen molar-refractivity contribution < 1.29 is 14.5 Å². The molecule has 0 atom stereocenters. The molecule has 2 rings (SSSR count). The van der Waals surface area contributed by atoms with E-state index < -0.39 is 11.5 Å². The molecule has 0 radical (unpaired) electrons. The average molecular weight is 298 g/mol. The van der Waals surface area contributed by atoms with Crippen LogP contribution in [0.4, 0.5) is 0 Å². The van der Waals surface area contributed by atoms with Crippen molar-refractivity contribution >= 4 is 27.5 Å². The highest BCUT2D eigenvalue weighted by Crippen LogP contribution is 2.07. The third kappa shape index (κ3) is 2.21. The van der Waals surface area contributed by atoms with Gasteiger partial charge in [-0.1, -0.05) is 0 Å². The Morgan fingerprint density at radius 1 is 1.53 bits per heavy atom. The van der Waals surface area contributed by atoms with E-state index in [1.54, 1.807) is 25.3 Å². The maximum atomic E-state index is 12.0. The molecule has 88 valence electrons. The monoisotopic (exact) mass is 297 g/mol. The molecule has 6 heteroatoms. The molecular formula is C11H10BrN2O3+. The van der Waals surface area contributed by atoms with Crippen LogP contribution >= 0.6 is 15.9 Å². The molecule has 0 fully saturated rings. The van der Waals surface area contributed by atoms with Gasteiger partial charge in [-0.2, -0.15) is 4.40 Å². The maximum absolute atomic E-state index is 12.0. The van der Waals surface area contributed by atoms with Crippen molar-refractivity contribution in [3.63, 3.8) is 0 Å². The van der Waals surface area contributed by atoms with E-state index in [2.05, 4.69) is 20.9 Å². The van der Waals surface area contributed by atoms with Crippen LogP contribution in [0, 0.1) is 0 Å². The molecule has 1 N–H and O–H groups in total. The van der Waals surface area contributed by atoms with Crippen LogP contribution in [0.5, 0.6) is 0 Å². The summed E-state index contributed by atoms with van der Waals surface area (Å²) in [4.78, 5) is 26.4. The van der Waals surface area contributed by atoms with Gasteiger partial charge < -0.3 is 4.74 Å². The summed E-state index contributed by atoms with van der Waals surface area (Å²) in [7, 11) is 0. The lowest BCUT2D eigenvalue weighted by Gasteiger charge is -1.99. The molecule has 2 aromatic rings. The number of aromatic amines is 1. The van der Waals surface area contributed by atoms with Crippen LogP contribution in [0.3, 0.4) is 0 Å². The molecule has 5 nitrogen and oxygen atoms in total. The summed E-state index contributed by atoms with van der Waals surface area (Å²) >= 11 is 3.27. The van der Waals surface area contributed by atoms with Crippen LogP contribution < -0.4 is 10.5 Å². The number of nitrogens with one attached hydrogen (secondary N) is 1. The van der Waals surface area contributed by atoms with Gasteiger partial charge in [0.1, 0.15) is 12.4 Å². The highest BCUT2D eigenvalue weighted by molar-refractivity contribution is 9.10. The fourth-order valence-corrected chi connectivity index (χ4v) is 1.79. The first-order valence-electron chi connectivity index (χ1n) is 5.03. The lowest BCUT2D eigenvalue weighted by atomic mass is 10.3.